The molecule has 1 fully saturated rings. The van der Waals surface area contributed by atoms with Gasteiger partial charge in [0.15, 0.2) is 19.7 Å². The summed E-state index contributed by atoms with van der Waals surface area (Å²) in [5.74, 6) is -0.612. The lowest BCUT2D eigenvalue weighted by atomic mass is 9.82. The number of amides is 2. The Morgan fingerprint density at radius 1 is 1.00 bits per heavy atom. The van der Waals surface area contributed by atoms with E-state index < -0.39 is 31.5 Å². The number of benzene rings is 3. The molecule has 4 heterocycles. The number of carbonyl (C=O) groups excluding carboxylic acids is 2. The van der Waals surface area contributed by atoms with E-state index in [4.69, 9.17) is 9.47 Å². The van der Waals surface area contributed by atoms with Gasteiger partial charge in [0.2, 0.25) is 5.91 Å². The van der Waals surface area contributed by atoms with E-state index in [1.807, 2.05) is 92.8 Å². The first-order valence-electron chi connectivity index (χ1n) is 17.1. The average molecular weight is 694 g/mol. The van der Waals surface area contributed by atoms with E-state index in [-0.39, 0.29) is 48.7 Å². The molecule has 2 amide bonds. The van der Waals surface area contributed by atoms with Crippen molar-refractivity contribution >= 4 is 25.8 Å². The fraction of sp³-hybridized carbons (Fsp3) is 0.359. The van der Waals surface area contributed by atoms with Crippen LogP contribution in [-0.4, -0.2) is 65.4 Å². The van der Waals surface area contributed by atoms with Gasteiger partial charge >= 0.3 is 0 Å². The minimum Gasteiger partial charge on any atom is -0.491 e. The van der Waals surface area contributed by atoms with Crippen LogP contribution in [0.4, 0.5) is 5.69 Å². The van der Waals surface area contributed by atoms with Crippen LogP contribution in [0, 0.1) is 5.92 Å². The monoisotopic (exact) mass is 693 g/mol. The summed E-state index contributed by atoms with van der Waals surface area (Å²) in [4.78, 5) is 57.1. The zero-order valence-corrected chi connectivity index (χ0v) is 29.8. The topological polar surface area (TPSA) is 122 Å². The second-order valence-corrected chi connectivity index (χ2v) is 18.2. The number of para-hydroxylation sites is 1. The van der Waals surface area contributed by atoms with Crippen molar-refractivity contribution < 1.29 is 29.0 Å². The molecule has 4 aromatic rings. The average Bonchev–Trinajstić information content (AvgIpc) is 3.53. The van der Waals surface area contributed by atoms with Crippen molar-refractivity contribution in [3.8, 4) is 11.4 Å². The number of hydrogen-bond acceptors (Lipinski definition) is 7. The zero-order chi connectivity index (χ0) is 35.4. The van der Waals surface area contributed by atoms with Crippen molar-refractivity contribution in [1.82, 2.24) is 9.47 Å². The van der Waals surface area contributed by atoms with Crippen LogP contribution in [0.2, 0.25) is 18.6 Å². The van der Waals surface area contributed by atoms with Crippen LogP contribution in [0.5, 0.6) is 5.75 Å². The van der Waals surface area contributed by atoms with E-state index in [9.17, 15) is 24.3 Å². The van der Waals surface area contributed by atoms with Crippen LogP contribution in [0.15, 0.2) is 95.9 Å². The Balaban J connectivity index is 1.21. The molecule has 0 unspecified atom stereocenters. The molecule has 3 aromatic carbocycles. The van der Waals surface area contributed by atoms with E-state index in [0.717, 1.165) is 22.3 Å². The number of aliphatic hydroxyl groups is 1. The predicted octanol–water partition coefficient (Wildman–Crippen LogP) is 4.53. The minimum absolute atomic E-state index is 0.0147. The Kier molecular flexibility index (Phi) is 8.80. The number of rotatable bonds is 8. The number of aromatic nitrogens is 1. The molecular weight excluding hydrogens is 651 g/mol. The molecule has 10 nitrogen and oxygen atoms in total. The smallest absolute Gasteiger partial charge is 0.297 e. The third-order valence-electron chi connectivity index (χ3n) is 10.8. The molecule has 0 bridgehead atoms. The lowest BCUT2D eigenvalue weighted by molar-refractivity contribution is -0.151. The maximum absolute atomic E-state index is 14.9. The number of nitrogens with zero attached hydrogens (tertiary/aromatic N) is 3. The van der Waals surface area contributed by atoms with Gasteiger partial charge in [0.25, 0.3) is 11.5 Å². The second-order valence-electron chi connectivity index (χ2n) is 14.2. The van der Waals surface area contributed by atoms with Crippen molar-refractivity contribution in [1.29, 1.82) is 0 Å². The third-order valence-corrected chi connectivity index (χ3v) is 13.3. The molecule has 1 aromatic heterocycles. The maximum Gasteiger partial charge on any atom is 0.297 e. The summed E-state index contributed by atoms with van der Waals surface area (Å²) in [5, 5.41) is 10.3. The Hall–Kier alpha value is -4.55. The number of carbonyl (C=O) groups is 2. The van der Waals surface area contributed by atoms with Crippen LogP contribution in [0.3, 0.4) is 0 Å². The van der Waals surface area contributed by atoms with Gasteiger partial charge in [0.05, 0.1) is 44.5 Å². The van der Waals surface area contributed by atoms with Crippen LogP contribution < -0.4 is 15.2 Å². The summed E-state index contributed by atoms with van der Waals surface area (Å²) in [6.45, 7) is 6.09. The van der Waals surface area contributed by atoms with E-state index in [0.29, 0.717) is 24.3 Å². The molecule has 0 saturated carbocycles. The Labute approximate surface area is 292 Å². The van der Waals surface area contributed by atoms with Crippen molar-refractivity contribution in [3.63, 3.8) is 0 Å². The van der Waals surface area contributed by atoms with Crippen LogP contribution in [0.25, 0.3) is 5.69 Å². The highest BCUT2D eigenvalue weighted by Gasteiger charge is 2.66. The molecule has 1 spiro atoms. The maximum atomic E-state index is 14.9. The van der Waals surface area contributed by atoms with Crippen molar-refractivity contribution in [2.24, 2.45) is 5.92 Å². The van der Waals surface area contributed by atoms with Gasteiger partial charge in [0, 0.05) is 35.5 Å². The fourth-order valence-electron chi connectivity index (χ4n) is 8.54. The predicted molar refractivity (Wildman–Crippen MR) is 192 cm³/mol. The zero-order valence-electron chi connectivity index (χ0n) is 28.8. The minimum atomic E-state index is -3.01. The van der Waals surface area contributed by atoms with Crippen molar-refractivity contribution in [2.45, 2.75) is 69.2 Å². The fourth-order valence-corrected chi connectivity index (χ4v) is 11.1. The summed E-state index contributed by atoms with van der Waals surface area (Å²) in [6, 6.07) is 26.0. The summed E-state index contributed by atoms with van der Waals surface area (Å²) < 4.78 is 13.7. The molecule has 7 rings (SSSR count). The summed E-state index contributed by atoms with van der Waals surface area (Å²) in [5.41, 5.74) is 2.94. The van der Waals surface area contributed by atoms with Crippen LogP contribution in [-0.2, 0) is 39.4 Å². The van der Waals surface area contributed by atoms with Crippen molar-refractivity contribution in [2.75, 3.05) is 18.6 Å². The van der Waals surface area contributed by atoms with Gasteiger partial charge in [-0.1, -0.05) is 61.5 Å². The van der Waals surface area contributed by atoms with Crippen LogP contribution >= 0.6 is 0 Å². The Bertz CT molecular complexity index is 2010. The lowest BCUT2D eigenvalue weighted by Gasteiger charge is -2.37. The second kappa shape index (κ2) is 13.0. The van der Waals surface area contributed by atoms with Gasteiger partial charge in [-0.25, -0.2) is 0 Å². The van der Waals surface area contributed by atoms with Crippen LogP contribution in [0.1, 0.15) is 35.6 Å². The highest BCUT2D eigenvalue weighted by Crippen LogP contribution is 2.59. The standard InChI is InChI=1S/C39H43N3O7Si/c1-25-36(50(3,4)47)34(21-35(44)41-23-28-13-6-5-12-27(28)20-30(41)24-43)49-39(25)31-15-7-8-16-32(31)42(38(39)46)22-26-11-9-14-29(19-26)40-18-10-17-33(48-2)37(40)45/h5-19,25,30,34,36,43,47H,20-24H2,1-4H3/t25-,30+,34+,36-,39+/m1/s1. The van der Waals surface area contributed by atoms with E-state index in [1.165, 1.54) is 11.7 Å². The number of aliphatic hydroxyl groups excluding tert-OH is 1. The number of methoxy groups -OCH3 is 1. The van der Waals surface area contributed by atoms with E-state index >= 15 is 0 Å². The SMILES string of the molecule is COc1cccn(-c2cccc(CN3C(=O)[C@@]4(O[C@@H](CC(=O)N5Cc6ccccc6C[C@H]5CO)[C@H]([Si](C)(C)O)[C@H]4C)c4ccccc43)c2)c1=O. The van der Waals surface area contributed by atoms with Gasteiger partial charge in [-0.3, -0.25) is 19.0 Å². The molecule has 3 aliphatic heterocycles. The Morgan fingerprint density at radius 2 is 1.74 bits per heavy atom. The van der Waals surface area contributed by atoms with Crippen molar-refractivity contribution in [3.05, 3.63) is 124 Å². The first-order chi connectivity index (χ1) is 24.0. The molecule has 50 heavy (non-hydrogen) atoms. The molecule has 2 N–H and O–H groups in total. The van der Waals surface area contributed by atoms with Gasteiger partial charge in [-0.15, -0.1) is 0 Å². The van der Waals surface area contributed by atoms with Gasteiger partial charge in [0.1, 0.15) is 0 Å². The number of ether oxygens (including phenoxy) is 2. The highest BCUT2D eigenvalue weighted by molar-refractivity contribution is 6.71. The first-order valence-corrected chi connectivity index (χ1v) is 20.1. The molecule has 0 radical (unpaired) electrons. The summed E-state index contributed by atoms with van der Waals surface area (Å²) in [7, 11) is -1.55. The number of pyridine rings is 1. The summed E-state index contributed by atoms with van der Waals surface area (Å²) in [6.07, 6.45) is 1.51. The molecule has 5 atom stereocenters. The first kappa shape index (κ1) is 33.9. The number of anilines is 1. The van der Waals surface area contributed by atoms with Gasteiger partial charge in [-0.05, 0) is 66.5 Å². The normalized spacial score (nSPS) is 24.4. The largest absolute Gasteiger partial charge is 0.491 e. The molecular formula is C39H43N3O7Si. The lowest BCUT2D eigenvalue weighted by Crippen LogP contribution is -2.48. The molecule has 0 aliphatic carbocycles. The number of fused-ring (bicyclic) bond motifs is 3. The molecule has 260 valence electrons. The van der Waals surface area contributed by atoms with E-state index in [1.54, 1.807) is 28.1 Å². The molecule has 1 saturated heterocycles. The van der Waals surface area contributed by atoms with Gasteiger partial charge in [-0.2, -0.15) is 0 Å². The molecule has 3 aliphatic rings. The van der Waals surface area contributed by atoms with E-state index in [2.05, 4.69) is 0 Å². The number of hydrogen-bond donors (Lipinski definition) is 2. The Morgan fingerprint density at radius 3 is 2.48 bits per heavy atom. The van der Waals surface area contributed by atoms with Gasteiger partial charge < -0.3 is 29.2 Å². The third kappa shape index (κ3) is 5.58. The highest BCUT2D eigenvalue weighted by atomic mass is 28.4. The quantitative estimate of drug-likeness (QED) is 0.260. The summed E-state index contributed by atoms with van der Waals surface area (Å²) >= 11 is 0. The molecule has 11 heteroatoms.